The zero-order chi connectivity index (χ0) is 9.14. The van der Waals surface area contributed by atoms with Gasteiger partial charge in [-0.3, -0.25) is 0 Å². The Morgan fingerprint density at radius 3 is 2.58 bits per heavy atom. The molecule has 12 heavy (non-hydrogen) atoms. The second-order valence-electron chi connectivity index (χ2n) is 2.94. The molecule has 0 nitrogen and oxygen atoms in total. The molecule has 0 fully saturated rings. The smallest absolute Gasteiger partial charge is 0.0800 e. The van der Waals surface area contributed by atoms with Gasteiger partial charge < -0.3 is 0 Å². The molecule has 0 aromatic heterocycles. The van der Waals surface area contributed by atoms with E-state index in [1.54, 1.807) is 0 Å². The van der Waals surface area contributed by atoms with Crippen LogP contribution in [0.2, 0.25) is 18.1 Å². The Morgan fingerprint density at radius 2 is 2.08 bits per heavy atom. The highest BCUT2D eigenvalue weighted by molar-refractivity contribution is 6.71. The van der Waals surface area contributed by atoms with Crippen LogP contribution in [0.3, 0.4) is 0 Å². The fourth-order valence-electron chi connectivity index (χ4n) is 1.14. The molecule has 0 amide bonds. The monoisotopic (exact) mass is 195 g/mol. The van der Waals surface area contributed by atoms with Crippen molar-refractivity contribution in [1.82, 2.24) is 0 Å². The van der Waals surface area contributed by atoms with Crippen LogP contribution in [0, 0.1) is 0 Å². The predicted molar refractivity (Wildman–Crippen MR) is 58.7 cm³/mol. The van der Waals surface area contributed by atoms with Crippen LogP contribution in [0.4, 0.5) is 0 Å². The molecule has 63 valence electrons. The second-order valence-corrected chi connectivity index (χ2v) is 5.91. The number of benzene rings is 1. The summed E-state index contributed by atoms with van der Waals surface area (Å²) in [6.45, 7) is 8.28. The van der Waals surface area contributed by atoms with E-state index in [0.717, 1.165) is 5.02 Å². The lowest BCUT2D eigenvalue weighted by molar-refractivity contribution is 1.69. The zero-order valence-corrected chi connectivity index (χ0v) is 9.15. The van der Waals surface area contributed by atoms with Gasteiger partial charge in [-0.2, -0.15) is 0 Å². The lowest BCUT2D eigenvalue weighted by Crippen LogP contribution is -2.25. The molecular weight excluding hydrogens is 184 g/mol. The van der Waals surface area contributed by atoms with Gasteiger partial charge in [0.1, 0.15) is 0 Å². The molecule has 0 N–H and O–H groups in total. The van der Waals surface area contributed by atoms with Gasteiger partial charge in [0.2, 0.25) is 0 Å². The van der Waals surface area contributed by atoms with Gasteiger partial charge in [-0.05, 0) is 17.7 Å². The van der Waals surface area contributed by atoms with Crippen molar-refractivity contribution in [2.24, 2.45) is 0 Å². The quantitative estimate of drug-likeness (QED) is 0.637. The third-order valence-electron chi connectivity index (χ3n) is 1.77. The maximum Gasteiger partial charge on any atom is 0.0800 e. The van der Waals surface area contributed by atoms with Crippen molar-refractivity contribution < 1.29 is 0 Å². The summed E-state index contributed by atoms with van der Waals surface area (Å²) in [6, 6.07) is 5.99. The standard InChI is InChI=1S/C10H12ClSi/c1-4-8-5-6-9(11)7-10(8)12(2)3/h4-7H,1H2,2-3H3. The highest BCUT2D eigenvalue weighted by atomic mass is 35.5. The van der Waals surface area contributed by atoms with Crippen molar-refractivity contribution >= 4 is 31.7 Å². The number of halogens is 1. The Bertz CT molecular complexity index is 292. The van der Waals surface area contributed by atoms with Crippen molar-refractivity contribution in [3.05, 3.63) is 35.4 Å². The minimum absolute atomic E-state index is 0.432. The minimum Gasteiger partial charge on any atom is -0.0985 e. The van der Waals surface area contributed by atoms with Gasteiger partial charge in [-0.1, -0.05) is 48.6 Å². The molecule has 0 spiro atoms. The van der Waals surface area contributed by atoms with E-state index >= 15 is 0 Å². The Hall–Kier alpha value is -0.533. The second kappa shape index (κ2) is 3.92. The van der Waals surface area contributed by atoms with Crippen molar-refractivity contribution in [3.63, 3.8) is 0 Å². The van der Waals surface area contributed by atoms with Gasteiger partial charge in [0.15, 0.2) is 0 Å². The lowest BCUT2D eigenvalue weighted by atomic mass is 10.2. The predicted octanol–water partition coefficient (Wildman–Crippen LogP) is 2.94. The Morgan fingerprint density at radius 1 is 1.42 bits per heavy atom. The van der Waals surface area contributed by atoms with Crippen LogP contribution in [0.25, 0.3) is 6.08 Å². The summed E-state index contributed by atoms with van der Waals surface area (Å²) in [5.41, 5.74) is 1.22. The van der Waals surface area contributed by atoms with E-state index in [4.69, 9.17) is 11.6 Å². The summed E-state index contributed by atoms with van der Waals surface area (Å²) in [4.78, 5) is 0. The summed E-state index contributed by atoms with van der Waals surface area (Å²) in [6.07, 6.45) is 1.89. The first-order valence-corrected chi connectivity index (χ1v) is 6.75. The molecule has 0 heterocycles. The van der Waals surface area contributed by atoms with Crippen LogP contribution in [0.1, 0.15) is 5.56 Å². The van der Waals surface area contributed by atoms with Crippen molar-refractivity contribution in [3.8, 4) is 0 Å². The van der Waals surface area contributed by atoms with Gasteiger partial charge in [0.05, 0.1) is 8.80 Å². The van der Waals surface area contributed by atoms with Gasteiger partial charge in [-0.15, -0.1) is 0 Å². The van der Waals surface area contributed by atoms with Crippen LogP contribution >= 0.6 is 11.6 Å². The first-order valence-electron chi connectivity index (χ1n) is 3.87. The number of hydrogen-bond acceptors (Lipinski definition) is 0. The van der Waals surface area contributed by atoms with Gasteiger partial charge in [-0.25, -0.2) is 0 Å². The van der Waals surface area contributed by atoms with Gasteiger partial charge in [0, 0.05) is 5.02 Å². The largest absolute Gasteiger partial charge is 0.0985 e. The molecule has 1 aromatic rings. The van der Waals surface area contributed by atoms with Crippen molar-refractivity contribution in [2.45, 2.75) is 13.1 Å². The van der Waals surface area contributed by atoms with Crippen LogP contribution < -0.4 is 5.19 Å². The molecule has 0 atom stereocenters. The van der Waals surface area contributed by atoms with Crippen molar-refractivity contribution in [2.75, 3.05) is 0 Å². The van der Waals surface area contributed by atoms with E-state index in [2.05, 4.69) is 19.7 Å². The van der Waals surface area contributed by atoms with Crippen LogP contribution in [0.15, 0.2) is 24.8 Å². The van der Waals surface area contributed by atoms with Crippen LogP contribution in [0.5, 0.6) is 0 Å². The molecule has 1 radical (unpaired) electrons. The van der Waals surface area contributed by atoms with Crippen LogP contribution in [-0.2, 0) is 0 Å². The third kappa shape index (κ3) is 1.99. The van der Waals surface area contributed by atoms with E-state index in [9.17, 15) is 0 Å². The Kier molecular flexibility index (Phi) is 3.12. The minimum atomic E-state index is -0.432. The van der Waals surface area contributed by atoms with E-state index in [1.807, 2.05) is 24.3 Å². The molecule has 2 heteroatoms. The normalized spacial score (nSPS) is 10.3. The average Bonchev–Trinajstić information content (AvgIpc) is 2.04. The molecule has 0 aliphatic rings. The highest BCUT2D eigenvalue weighted by Gasteiger charge is 2.05. The van der Waals surface area contributed by atoms with E-state index in [-0.39, 0.29) is 0 Å². The summed E-state index contributed by atoms with van der Waals surface area (Å²) >= 11 is 5.90. The fraction of sp³-hybridized carbons (Fsp3) is 0.200. The first-order chi connectivity index (χ1) is 5.65. The van der Waals surface area contributed by atoms with Crippen molar-refractivity contribution in [1.29, 1.82) is 0 Å². The van der Waals surface area contributed by atoms with E-state index < -0.39 is 8.80 Å². The SMILES string of the molecule is C=Cc1ccc(Cl)cc1[Si](C)C. The maximum absolute atomic E-state index is 5.90. The number of hydrogen-bond donors (Lipinski definition) is 0. The Labute approximate surface area is 80.5 Å². The molecule has 0 saturated heterocycles. The van der Waals surface area contributed by atoms with E-state index in [0.29, 0.717) is 0 Å². The summed E-state index contributed by atoms with van der Waals surface area (Å²) in [5.74, 6) is 0. The molecule has 0 aliphatic carbocycles. The molecule has 0 aliphatic heterocycles. The maximum atomic E-state index is 5.90. The Balaban J connectivity index is 3.21. The molecule has 1 rings (SSSR count). The summed E-state index contributed by atoms with van der Waals surface area (Å²) < 4.78 is 0. The summed E-state index contributed by atoms with van der Waals surface area (Å²) in [5, 5.41) is 2.18. The summed E-state index contributed by atoms with van der Waals surface area (Å²) in [7, 11) is -0.432. The van der Waals surface area contributed by atoms with Gasteiger partial charge in [0.25, 0.3) is 0 Å². The fourth-order valence-corrected chi connectivity index (χ4v) is 2.61. The first kappa shape index (κ1) is 9.55. The number of rotatable bonds is 2. The molecule has 1 aromatic carbocycles. The van der Waals surface area contributed by atoms with Gasteiger partial charge >= 0.3 is 0 Å². The molecular formula is C10H12ClSi. The molecule has 0 unspecified atom stereocenters. The third-order valence-corrected chi connectivity index (χ3v) is 3.52. The molecule has 0 bridgehead atoms. The van der Waals surface area contributed by atoms with E-state index in [1.165, 1.54) is 10.8 Å². The van der Waals surface area contributed by atoms with Crippen LogP contribution in [-0.4, -0.2) is 8.80 Å². The molecule has 0 saturated carbocycles. The average molecular weight is 196 g/mol. The highest BCUT2D eigenvalue weighted by Crippen LogP contribution is 2.09. The topological polar surface area (TPSA) is 0 Å². The zero-order valence-electron chi connectivity index (χ0n) is 7.39. The lowest BCUT2D eigenvalue weighted by Gasteiger charge is -2.08.